The van der Waals surface area contributed by atoms with Crippen LogP contribution in [0.25, 0.3) is 0 Å². The van der Waals surface area contributed by atoms with Crippen molar-refractivity contribution in [3.05, 3.63) is 40.4 Å². The Labute approximate surface area is 145 Å². The Kier molecular flexibility index (Phi) is 5.45. The van der Waals surface area contributed by atoms with Crippen molar-refractivity contribution in [2.75, 3.05) is 25.1 Å². The molecule has 9 heteroatoms. The number of carbonyl (C=O) groups is 1. The monoisotopic (exact) mass is 369 g/mol. The molecule has 24 heavy (non-hydrogen) atoms. The van der Waals surface area contributed by atoms with Gasteiger partial charge >= 0.3 is 0 Å². The van der Waals surface area contributed by atoms with Crippen LogP contribution in [0.1, 0.15) is 20.9 Å². The number of thiazole rings is 1. The van der Waals surface area contributed by atoms with E-state index in [2.05, 4.69) is 9.71 Å². The predicted molar refractivity (Wildman–Crippen MR) is 94.1 cm³/mol. The molecule has 0 radical (unpaired) electrons. The van der Waals surface area contributed by atoms with Crippen LogP contribution in [0, 0.1) is 6.92 Å². The summed E-state index contributed by atoms with van der Waals surface area (Å²) in [6, 6.07) is 7.44. The number of hydrogen-bond acceptors (Lipinski definition) is 6. The Hall–Kier alpha value is -2.13. The molecular formula is C15H19N3O4S2. The molecule has 0 aliphatic carbocycles. The highest BCUT2D eigenvalue weighted by molar-refractivity contribution is 7.92. The van der Waals surface area contributed by atoms with Gasteiger partial charge in [0, 0.05) is 13.6 Å². The number of aryl methyl sites for hydroxylation is 1. The molecule has 2 aromatic rings. The Morgan fingerprint density at radius 1 is 1.33 bits per heavy atom. The van der Waals surface area contributed by atoms with Gasteiger partial charge in [-0.2, -0.15) is 0 Å². The molecule has 1 aromatic heterocycles. The topological polar surface area (TPSA) is 88.6 Å². The molecule has 0 aliphatic heterocycles. The maximum atomic E-state index is 12.6. The first-order valence-corrected chi connectivity index (χ1v) is 9.74. The van der Waals surface area contributed by atoms with E-state index in [1.165, 1.54) is 0 Å². The number of sulfonamides is 1. The lowest BCUT2D eigenvalue weighted by Crippen LogP contribution is -2.26. The first kappa shape index (κ1) is 18.2. The van der Waals surface area contributed by atoms with Gasteiger partial charge < -0.3 is 9.64 Å². The predicted octanol–water partition coefficient (Wildman–Crippen LogP) is 2.10. The summed E-state index contributed by atoms with van der Waals surface area (Å²) >= 11 is 1.03. The summed E-state index contributed by atoms with van der Waals surface area (Å²) in [4.78, 5) is 18.6. The lowest BCUT2D eigenvalue weighted by molar-refractivity contribution is 0.0789. The molecule has 0 fully saturated rings. The van der Waals surface area contributed by atoms with Gasteiger partial charge in [-0.15, -0.1) is 0 Å². The number of methoxy groups -OCH3 is 1. The Morgan fingerprint density at radius 3 is 2.50 bits per heavy atom. The van der Waals surface area contributed by atoms with Crippen molar-refractivity contribution in [2.24, 2.45) is 0 Å². The summed E-state index contributed by atoms with van der Waals surface area (Å²) in [7, 11) is -0.134. The fourth-order valence-electron chi connectivity index (χ4n) is 2.05. The van der Waals surface area contributed by atoms with Crippen LogP contribution in [0.15, 0.2) is 24.3 Å². The maximum Gasteiger partial charge on any atom is 0.265 e. The molecule has 130 valence electrons. The van der Waals surface area contributed by atoms with Crippen molar-refractivity contribution in [2.45, 2.75) is 13.5 Å². The summed E-state index contributed by atoms with van der Waals surface area (Å²) in [5.41, 5.74) is 1.46. The van der Waals surface area contributed by atoms with Crippen molar-refractivity contribution in [1.82, 2.24) is 9.88 Å². The molecule has 0 atom stereocenters. The van der Waals surface area contributed by atoms with Gasteiger partial charge in [-0.05, 0) is 24.6 Å². The number of nitrogens with one attached hydrogen (secondary N) is 1. The molecular weight excluding hydrogens is 350 g/mol. The first-order valence-electron chi connectivity index (χ1n) is 7.03. The SMILES string of the molecule is COc1ccc(CN(C)C(=O)c2sc(NS(C)(=O)=O)nc2C)cc1. The highest BCUT2D eigenvalue weighted by Gasteiger charge is 2.20. The van der Waals surface area contributed by atoms with E-state index in [0.717, 1.165) is 28.9 Å². The van der Waals surface area contributed by atoms with Crippen molar-refractivity contribution in [3.8, 4) is 5.75 Å². The highest BCUT2D eigenvalue weighted by atomic mass is 32.2. The lowest BCUT2D eigenvalue weighted by Gasteiger charge is -2.16. The van der Waals surface area contributed by atoms with E-state index in [9.17, 15) is 13.2 Å². The molecule has 0 saturated heterocycles. The molecule has 0 unspecified atom stereocenters. The zero-order valence-electron chi connectivity index (χ0n) is 13.9. The molecule has 1 N–H and O–H groups in total. The van der Waals surface area contributed by atoms with E-state index in [1.807, 2.05) is 24.3 Å². The number of nitrogens with zero attached hydrogens (tertiary/aromatic N) is 2. The fraction of sp³-hybridized carbons (Fsp3) is 0.333. The normalized spacial score (nSPS) is 11.2. The van der Waals surface area contributed by atoms with Gasteiger partial charge in [0.15, 0.2) is 5.13 Å². The van der Waals surface area contributed by atoms with Crippen molar-refractivity contribution >= 4 is 32.4 Å². The van der Waals surface area contributed by atoms with Crippen LogP contribution in [0.4, 0.5) is 5.13 Å². The Balaban J connectivity index is 2.12. The zero-order valence-corrected chi connectivity index (χ0v) is 15.5. The number of ether oxygens (including phenoxy) is 1. The summed E-state index contributed by atoms with van der Waals surface area (Å²) in [5, 5.41) is 0.191. The van der Waals surface area contributed by atoms with Crippen LogP contribution in [0.3, 0.4) is 0 Å². The molecule has 2 rings (SSSR count). The van der Waals surface area contributed by atoms with Gasteiger partial charge in [0.2, 0.25) is 10.0 Å². The average Bonchev–Trinajstić information content (AvgIpc) is 2.85. The summed E-state index contributed by atoms with van der Waals surface area (Å²) < 4.78 is 29.9. The molecule has 0 spiro atoms. The summed E-state index contributed by atoms with van der Waals surface area (Å²) in [6.07, 6.45) is 1.04. The lowest BCUT2D eigenvalue weighted by atomic mass is 10.2. The van der Waals surface area contributed by atoms with Crippen LogP contribution >= 0.6 is 11.3 Å². The zero-order chi connectivity index (χ0) is 17.9. The van der Waals surface area contributed by atoms with E-state index >= 15 is 0 Å². The smallest absolute Gasteiger partial charge is 0.265 e. The molecule has 1 heterocycles. The number of hydrogen-bond donors (Lipinski definition) is 1. The van der Waals surface area contributed by atoms with Crippen LogP contribution in [-0.4, -0.2) is 44.6 Å². The van der Waals surface area contributed by atoms with Gasteiger partial charge in [0.1, 0.15) is 10.6 Å². The van der Waals surface area contributed by atoms with Crippen LogP contribution < -0.4 is 9.46 Å². The Morgan fingerprint density at radius 2 is 1.96 bits per heavy atom. The fourth-order valence-corrected chi connectivity index (χ4v) is 3.84. The molecule has 7 nitrogen and oxygen atoms in total. The largest absolute Gasteiger partial charge is 0.497 e. The van der Waals surface area contributed by atoms with Gasteiger partial charge in [-0.1, -0.05) is 23.5 Å². The van der Waals surface area contributed by atoms with Gasteiger partial charge in [0.05, 0.1) is 19.1 Å². The van der Waals surface area contributed by atoms with Crippen molar-refractivity contribution in [1.29, 1.82) is 0 Å². The quantitative estimate of drug-likeness (QED) is 0.842. The number of anilines is 1. The van der Waals surface area contributed by atoms with E-state index < -0.39 is 10.0 Å². The minimum Gasteiger partial charge on any atom is -0.497 e. The minimum atomic E-state index is -3.42. The van der Waals surface area contributed by atoms with Gasteiger partial charge in [-0.25, -0.2) is 13.4 Å². The third-order valence-corrected chi connectivity index (χ3v) is 4.94. The van der Waals surface area contributed by atoms with E-state index in [-0.39, 0.29) is 11.0 Å². The second-order valence-corrected chi connectivity index (χ2v) is 8.06. The Bertz CT molecular complexity index is 829. The molecule has 0 bridgehead atoms. The number of carbonyl (C=O) groups excluding carboxylic acids is 1. The molecule has 0 saturated carbocycles. The molecule has 0 aliphatic rings. The van der Waals surface area contributed by atoms with Crippen LogP contribution in [0.5, 0.6) is 5.75 Å². The number of amides is 1. The number of rotatable bonds is 6. The van der Waals surface area contributed by atoms with Crippen LogP contribution in [0.2, 0.25) is 0 Å². The summed E-state index contributed by atoms with van der Waals surface area (Å²) in [6.45, 7) is 2.10. The average molecular weight is 369 g/mol. The maximum absolute atomic E-state index is 12.6. The first-order chi connectivity index (χ1) is 11.2. The van der Waals surface area contributed by atoms with Crippen molar-refractivity contribution in [3.63, 3.8) is 0 Å². The second-order valence-electron chi connectivity index (χ2n) is 5.32. The molecule has 1 amide bonds. The standard InChI is InChI=1S/C15H19N3O4S2/c1-10-13(23-15(16-10)17-24(4,20)21)14(19)18(2)9-11-5-7-12(22-3)8-6-11/h5-8H,9H2,1-4H3,(H,16,17). The van der Waals surface area contributed by atoms with Gasteiger partial charge in [-0.3, -0.25) is 9.52 Å². The summed E-state index contributed by atoms with van der Waals surface area (Å²) in [5.74, 6) is 0.546. The van der Waals surface area contributed by atoms with E-state index in [0.29, 0.717) is 17.1 Å². The number of aromatic nitrogens is 1. The third kappa shape index (κ3) is 4.68. The second kappa shape index (κ2) is 7.18. The third-order valence-electron chi connectivity index (χ3n) is 3.19. The van der Waals surface area contributed by atoms with Crippen molar-refractivity contribution < 1.29 is 17.9 Å². The molecule has 1 aromatic carbocycles. The van der Waals surface area contributed by atoms with Gasteiger partial charge in [0.25, 0.3) is 5.91 Å². The number of benzene rings is 1. The highest BCUT2D eigenvalue weighted by Crippen LogP contribution is 2.25. The van der Waals surface area contributed by atoms with E-state index in [4.69, 9.17) is 4.74 Å². The minimum absolute atomic E-state index is 0.191. The van der Waals surface area contributed by atoms with Crippen LogP contribution in [-0.2, 0) is 16.6 Å². The van der Waals surface area contributed by atoms with E-state index in [1.54, 1.807) is 26.0 Å².